The molecule has 6 N–H and O–H groups in total. The van der Waals surface area contributed by atoms with Crippen LogP contribution in [-0.2, 0) is 0 Å². The summed E-state index contributed by atoms with van der Waals surface area (Å²) in [5.74, 6) is 3.42. The molecule has 4 heterocycles. The van der Waals surface area contributed by atoms with E-state index in [1.807, 2.05) is 72.8 Å². The average Bonchev–Trinajstić information content (AvgIpc) is 3.34. The predicted molar refractivity (Wildman–Crippen MR) is 247 cm³/mol. The second-order valence-electron chi connectivity index (χ2n) is 13.4. The fourth-order valence-electron chi connectivity index (χ4n) is 5.89. The summed E-state index contributed by atoms with van der Waals surface area (Å²) >= 11 is 5.95. The third-order valence-corrected chi connectivity index (χ3v) is 9.14. The van der Waals surface area contributed by atoms with Gasteiger partial charge in [-0.25, -0.2) is 29.9 Å². The molecule has 16 nitrogen and oxygen atoms in total. The summed E-state index contributed by atoms with van der Waals surface area (Å²) in [4.78, 5) is 26.1. The lowest BCUT2D eigenvalue weighted by molar-refractivity contribution is 0.426. The van der Waals surface area contributed by atoms with Crippen LogP contribution in [0.3, 0.4) is 0 Å². The maximum absolute atomic E-state index is 9.17. The standard InChI is InChI=1S/C23H17N7.C16H13ClN6.C7H6BNO2/c24-13-16-4-3-5-18(12-16)22-29-20-7-2-1-6-19(20)23(30-22)27-11-10-26-21-9-8-17(14-25)15-28-21;17-16-22-13-4-2-1-3-12(13)15(23-16)20-8-7-19-14-6-5-11(9-18)10-21-14;9-5-6-2-1-3-7(4-6)8(10)11/h1-9,12,15H,10-11H2,(H,26,28)(H,27,29,30);1-6,10H,7-8H2,(H,19,21)(H,20,22,23);1-4,10-11H. The summed E-state index contributed by atoms with van der Waals surface area (Å²) in [7, 11) is -1.50. The zero-order valence-corrected chi connectivity index (χ0v) is 34.6. The van der Waals surface area contributed by atoms with E-state index in [0.717, 1.165) is 39.0 Å². The second kappa shape index (κ2) is 22.8. The second-order valence-corrected chi connectivity index (χ2v) is 13.7. The SMILES string of the molecule is N#Cc1ccc(NCCNc2nc(-c3cccc(C#N)c3)nc3ccccc23)nc1.N#Cc1ccc(NCCNc2nc(Cl)nc3ccccc23)nc1.N#Cc1cccc(B(O)O)c1. The van der Waals surface area contributed by atoms with Crippen molar-refractivity contribution in [3.05, 3.63) is 161 Å². The summed E-state index contributed by atoms with van der Waals surface area (Å²) in [6.45, 7) is 2.52. The molecule has 0 saturated heterocycles. The highest BCUT2D eigenvalue weighted by molar-refractivity contribution is 6.58. The molecular formula is C46H36BClN14O2. The number of anilines is 4. The van der Waals surface area contributed by atoms with Crippen molar-refractivity contribution in [3.8, 4) is 35.7 Å². The van der Waals surface area contributed by atoms with Gasteiger partial charge in [0.1, 0.15) is 35.4 Å². The number of nitriles is 4. The van der Waals surface area contributed by atoms with Crippen LogP contribution in [-0.4, -0.2) is 73.2 Å². The maximum Gasteiger partial charge on any atom is 0.488 e. The number of nitrogens with zero attached hydrogens (tertiary/aromatic N) is 10. The predicted octanol–water partition coefficient (Wildman–Crippen LogP) is 6.27. The lowest BCUT2D eigenvalue weighted by atomic mass is 9.80. The van der Waals surface area contributed by atoms with E-state index >= 15 is 0 Å². The van der Waals surface area contributed by atoms with Crippen LogP contribution in [0.4, 0.5) is 23.3 Å². The smallest absolute Gasteiger partial charge is 0.423 e. The molecule has 8 rings (SSSR count). The zero-order valence-electron chi connectivity index (χ0n) is 33.9. The quantitative estimate of drug-likeness (QED) is 0.0449. The van der Waals surface area contributed by atoms with Gasteiger partial charge in [-0.05, 0) is 89.9 Å². The molecule has 0 saturated carbocycles. The summed E-state index contributed by atoms with van der Waals surface area (Å²) in [6, 6.07) is 44.1. The summed E-state index contributed by atoms with van der Waals surface area (Å²) < 4.78 is 0. The van der Waals surface area contributed by atoms with Crippen LogP contribution in [0, 0.1) is 45.3 Å². The van der Waals surface area contributed by atoms with E-state index in [-0.39, 0.29) is 5.28 Å². The number of rotatable bonds is 12. The first-order valence-corrected chi connectivity index (χ1v) is 19.9. The van der Waals surface area contributed by atoms with E-state index in [4.69, 9.17) is 42.4 Å². The molecular weight excluding hydrogens is 827 g/mol. The summed E-state index contributed by atoms with van der Waals surface area (Å²) in [6.07, 6.45) is 3.07. The van der Waals surface area contributed by atoms with Gasteiger partial charge in [-0.2, -0.15) is 21.0 Å². The molecule has 0 aliphatic rings. The Morgan fingerprint density at radius 1 is 0.500 bits per heavy atom. The Bertz CT molecular complexity index is 3020. The lowest BCUT2D eigenvalue weighted by Crippen LogP contribution is -2.29. The maximum atomic E-state index is 9.17. The van der Waals surface area contributed by atoms with E-state index in [1.54, 1.807) is 54.6 Å². The number of para-hydroxylation sites is 2. The van der Waals surface area contributed by atoms with Gasteiger partial charge in [0.2, 0.25) is 5.28 Å². The molecule has 8 aromatic rings. The molecule has 0 aliphatic heterocycles. The highest BCUT2D eigenvalue weighted by Gasteiger charge is 2.11. The Balaban J connectivity index is 0.000000176. The van der Waals surface area contributed by atoms with Crippen LogP contribution >= 0.6 is 11.6 Å². The Morgan fingerprint density at radius 2 is 1.00 bits per heavy atom. The number of nitrogens with one attached hydrogen (secondary N) is 4. The first-order chi connectivity index (χ1) is 31.3. The van der Waals surface area contributed by atoms with Crippen molar-refractivity contribution in [2.24, 2.45) is 0 Å². The van der Waals surface area contributed by atoms with Crippen molar-refractivity contribution in [1.82, 2.24) is 29.9 Å². The van der Waals surface area contributed by atoms with Crippen LogP contribution in [0.15, 0.2) is 134 Å². The van der Waals surface area contributed by atoms with Crippen LogP contribution in [0.1, 0.15) is 22.3 Å². The first-order valence-electron chi connectivity index (χ1n) is 19.5. The van der Waals surface area contributed by atoms with Crippen molar-refractivity contribution < 1.29 is 10.0 Å². The number of benzene rings is 4. The zero-order chi connectivity index (χ0) is 45.1. The van der Waals surface area contributed by atoms with Crippen LogP contribution in [0.25, 0.3) is 33.2 Å². The van der Waals surface area contributed by atoms with Gasteiger partial charge in [0, 0.05) is 54.9 Å². The normalized spacial score (nSPS) is 9.98. The van der Waals surface area contributed by atoms with Gasteiger partial charge in [-0.3, -0.25) is 0 Å². The molecule has 4 aromatic heterocycles. The van der Waals surface area contributed by atoms with E-state index < -0.39 is 7.12 Å². The van der Waals surface area contributed by atoms with Gasteiger partial charge in [-0.15, -0.1) is 0 Å². The van der Waals surface area contributed by atoms with Crippen molar-refractivity contribution in [1.29, 1.82) is 21.0 Å². The highest BCUT2D eigenvalue weighted by Crippen LogP contribution is 2.26. The van der Waals surface area contributed by atoms with Gasteiger partial charge < -0.3 is 31.3 Å². The van der Waals surface area contributed by atoms with Gasteiger partial charge in [0.25, 0.3) is 0 Å². The van der Waals surface area contributed by atoms with Crippen molar-refractivity contribution in [2.45, 2.75) is 0 Å². The topological polar surface area (TPSA) is 261 Å². The molecule has 0 radical (unpaired) electrons. The van der Waals surface area contributed by atoms with Gasteiger partial charge in [-0.1, -0.05) is 48.5 Å². The Kier molecular flexibility index (Phi) is 16.0. The third kappa shape index (κ3) is 12.7. The Morgan fingerprint density at radius 3 is 1.53 bits per heavy atom. The molecule has 0 fully saturated rings. The van der Waals surface area contributed by atoms with Crippen LogP contribution in [0.2, 0.25) is 5.28 Å². The molecule has 0 amide bonds. The molecule has 0 unspecified atom stereocenters. The van der Waals surface area contributed by atoms with Crippen molar-refractivity contribution in [3.63, 3.8) is 0 Å². The minimum Gasteiger partial charge on any atom is -0.423 e. The van der Waals surface area contributed by atoms with Crippen molar-refractivity contribution in [2.75, 3.05) is 47.4 Å². The summed E-state index contributed by atoms with van der Waals surface area (Å²) in [5, 5.41) is 67.6. The fraction of sp³-hybridized carbons (Fsp3) is 0.0870. The van der Waals surface area contributed by atoms with E-state index in [0.29, 0.717) is 71.4 Å². The first kappa shape index (κ1) is 44.8. The van der Waals surface area contributed by atoms with E-state index in [1.165, 1.54) is 18.5 Å². The molecule has 4 aromatic carbocycles. The molecule has 312 valence electrons. The summed E-state index contributed by atoms with van der Waals surface area (Å²) in [5.41, 5.74) is 4.82. The Hall–Kier alpha value is -8.71. The number of aromatic nitrogens is 6. The average molecular weight is 863 g/mol. The van der Waals surface area contributed by atoms with E-state index in [9.17, 15) is 5.26 Å². The molecule has 0 atom stereocenters. The lowest BCUT2D eigenvalue weighted by Gasteiger charge is -2.12. The largest absolute Gasteiger partial charge is 0.488 e. The van der Waals surface area contributed by atoms with E-state index in [2.05, 4.69) is 58.3 Å². The number of hydrogen-bond acceptors (Lipinski definition) is 16. The fourth-order valence-corrected chi connectivity index (χ4v) is 6.07. The number of pyridine rings is 2. The Labute approximate surface area is 373 Å². The monoisotopic (exact) mass is 862 g/mol. The van der Waals surface area contributed by atoms with Gasteiger partial charge in [0.05, 0.1) is 45.4 Å². The van der Waals surface area contributed by atoms with Gasteiger partial charge in [0.15, 0.2) is 5.82 Å². The highest BCUT2D eigenvalue weighted by atomic mass is 35.5. The van der Waals surface area contributed by atoms with Crippen molar-refractivity contribution >= 4 is 69.3 Å². The number of fused-ring (bicyclic) bond motifs is 2. The minimum atomic E-state index is -1.50. The number of hydrogen-bond donors (Lipinski definition) is 6. The minimum absolute atomic E-state index is 0.216. The number of halogens is 1. The molecule has 0 spiro atoms. The molecule has 0 bridgehead atoms. The molecule has 18 heteroatoms. The third-order valence-electron chi connectivity index (χ3n) is 8.98. The molecule has 0 aliphatic carbocycles. The molecule has 64 heavy (non-hydrogen) atoms. The van der Waals surface area contributed by atoms with Gasteiger partial charge >= 0.3 is 7.12 Å². The van der Waals surface area contributed by atoms with Crippen LogP contribution in [0.5, 0.6) is 0 Å². The van der Waals surface area contributed by atoms with Crippen LogP contribution < -0.4 is 26.7 Å².